The highest BCUT2D eigenvalue weighted by atomic mass is 16.6. The molecule has 22 heavy (non-hydrogen) atoms. The summed E-state index contributed by atoms with van der Waals surface area (Å²) in [6.45, 7) is 10.3. The molecule has 7 nitrogen and oxygen atoms in total. The van der Waals surface area contributed by atoms with Crippen LogP contribution in [0.15, 0.2) is 12.7 Å². The van der Waals surface area contributed by atoms with Gasteiger partial charge in [-0.1, -0.05) is 6.08 Å². The Morgan fingerprint density at radius 2 is 2.23 bits per heavy atom. The Labute approximate surface area is 129 Å². The number of fused-ring (bicyclic) bond motifs is 1. The lowest BCUT2D eigenvalue weighted by molar-refractivity contribution is 0.0221. The second kappa shape index (κ2) is 6.21. The molecule has 1 aliphatic rings. The molecule has 2 N–H and O–H groups in total. The average Bonchev–Trinajstić information content (AvgIpc) is 2.85. The molecule has 0 spiro atoms. The predicted molar refractivity (Wildman–Crippen MR) is 81.5 cm³/mol. The molecule has 2 amide bonds. The number of carbonyl (C=O) groups excluding carboxylic acids is 2. The smallest absolute Gasteiger partial charge is 0.410 e. The molecule has 1 aromatic heterocycles. The van der Waals surface area contributed by atoms with Crippen molar-refractivity contribution >= 4 is 12.0 Å². The summed E-state index contributed by atoms with van der Waals surface area (Å²) in [5, 5.41) is 9.62. The summed E-state index contributed by atoms with van der Waals surface area (Å²) < 4.78 is 5.36. The van der Waals surface area contributed by atoms with E-state index >= 15 is 0 Å². The first kappa shape index (κ1) is 16.1. The van der Waals surface area contributed by atoms with Gasteiger partial charge in [0.15, 0.2) is 5.69 Å². The van der Waals surface area contributed by atoms with E-state index in [1.807, 2.05) is 20.8 Å². The van der Waals surface area contributed by atoms with Crippen LogP contribution in [0.5, 0.6) is 0 Å². The summed E-state index contributed by atoms with van der Waals surface area (Å²) in [5.74, 6) is -0.233. The molecule has 0 bridgehead atoms. The maximum atomic E-state index is 12.1. The lowest BCUT2D eigenvalue weighted by atomic mass is 10.0. The van der Waals surface area contributed by atoms with E-state index in [4.69, 9.17) is 4.74 Å². The van der Waals surface area contributed by atoms with Crippen molar-refractivity contribution in [1.29, 1.82) is 0 Å². The van der Waals surface area contributed by atoms with Crippen LogP contribution < -0.4 is 5.32 Å². The molecule has 2 heterocycles. The zero-order valence-electron chi connectivity index (χ0n) is 13.2. The van der Waals surface area contributed by atoms with Crippen LogP contribution in [-0.4, -0.2) is 45.8 Å². The van der Waals surface area contributed by atoms with Gasteiger partial charge in [-0.15, -0.1) is 6.58 Å². The minimum atomic E-state index is -0.527. The van der Waals surface area contributed by atoms with Gasteiger partial charge in [0.1, 0.15) is 5.60 Å². The molecule has 0 atom stereocenters. The van der Waals surface area contributed by atoms with Crippen molar-refractivity contribution in [3.8, 4) is 0 Å². The van der Waals surface area contributed by atoms with Gasteiger partial charge in [-0.25, -0.2) is 4.79 Å². The highest BCUT2D eigenvalue weighted by molar-refractivity contribution is 5.94. The van der Waals surface area contributed by atoms with Gasteiger partial charge in [0.05, 0.1) is 12.2 Å². The van der Waals surface area contributed by atoms with Crippen molar-refractivity contribution in [1.82, 2.24) is 20.4 Å². The Morgan fingerprint density at radius 3 is 2.86 bits per heavy atom. The third-order valence-electron chi connectivity index (χ3n) is 3.21. The summed E-state index contributed by atoms with van der Waals surface area (Å²) in [6, 6.07) is 0. The SMILES string of the molecule is C=CCNC(=O)c1n[nH]c2c1CCN(C(=O)OC(C)(C)C)C2. The molecule has 7 heteroatoms. The normalized spacial score (nSPS) is 14.2. The number of hydrogen-bond acceptors (Lipinski definition) is 4. The molecule has 0 aliphatic carbocycles. The van der Waals surface area contributed by atoms with Gasteiger partial charge in [0.2, 0.25) is 0 Å². The van der Waals surface area contributed by atoms with Gasteiger partial charge in [-0.3, -0.25) is 9.89 Å². The summed E-state index contributed by atoms with van der Waals surface area (Å²) in [4.78, 5) is 25.7. The zero-order valence-corrected chi connectivity index (χ0v) is 13.2. The van der Waals surface area contributed by atoms with E-state index in [0.717, 1.165) is 11.3 Å². The fourth-order valence-corrected chi connectivity index (χ4v) is 2.24. The zero-order chi connectivity index (χ0) is 16.3. The standard InChI is InChI=1S/C15H22N4O3/c1-5-7-16-13(20)12-10-6-8-19(9-11(10)17-18-12)14(21)22-15(2,3)4/h5H,1,6-9H2,2-4H3,(H,16,20)(H,17,18). The van der Waals surface area contributed by atoms with Crippen LogP contribution in [0.2, 0.25) is 0 Å². The number of nitrogens with one attached hydrogen (secondary N) is 2. The van der Waals surface area contributed by atoms with E-state index in [1.165, 1.54) is 0 Å². The number of carbonyl (C=O) groups is 2. The van der Waals surface area contributed by atoms with E-state index < -0.39 is 5.60 Å². The number of ether oxygens (including phenoxy) is 1. The quantitative estimate of drug-likeness (QED) is 0.831. The van der Waals surface area contributed by atoms with Crippen molar-refractivity contribution < 1.29 is 14.3 Å². The van der Waals surface area contributed by atoms with E-state index in [0.29, 0.717) is 31.7 Å². The van der Waals surface area contributed by atoms with Crippen molar-refractivity contribution in [2.24, 2.45) is 0 Å². The highest BCUT2D eigenvalue weighted by Gasteiger charge is 2.29. The number of nitrogens with zero attached hydrogens (tertiary/aromatic N) is 2. The van der Waals surface area contributed by atoms with Crippen LogP contribution in [0.1, 0.15) is 42.5 Å². The van der Waals surface area contributed by atoms with Crippen LogP contribution in [-0.2, 0) is 17.7 Å². The van der Waals surface area contributed by atoms with E-state index in [9.17, 15) is 9.59 Å². The molecule has 2 rings (SSSR count). The maximum Gasteiger partial charge on any atom is 0.410 e. The fraction of sp³-hybridized carbons (Fsp3) is 0.533. The lowest BCUT2D eigenvalue weighted by Gasteiger charge is -2.29. The minimum Gasteiger partial charge on any atom is -0.444 e. The number of rotatable bonds is 3. The van der Waals surface area contributed by atoms with Gasteiger partial charge in [0.25, 0.3) is 5.91 Å². The molecule has 0 saturated carbocycles. The fourth-order valence-electron chi connectivity index (χ4n) is 2.24. The van der Waals surface area contributed by atoms with Crippen molar-refractivity contribution in [3.63, 3.8) is 0 Å². The maximum absolute atomic E-state index is 12.1. The Bertz CT molecular complexity index is 586. The van der Waals surface area contributed by atoms with Gasteiger partial charge in [-0.05, 0) is 27.2 Å². The van der Waals surface area contributed by atoms with Gasteiger partial charge in [-0.2, -0.15) is 5.10 Å². The monoisotopic (exact) mass is 306 g/mol. The second-order valence-corrected chi connectivity index (χ2v) is 6.18. The molecule has 0 radical (unpaired) electrons. The van der Waals surface area contributed by atoms with Gasteiger partial charge >= 0.3 is 6.09 Å². The van der Waals surface area contributed by atoms with E-state index in [2.05, 4.69) is 22.1 Å². The predicted octanol–water partition coefficient (Wildman–Crippen LogP) is 1.62. The summed E-state index contributed by atoms with van der Waals surface area (Å²) in [7, 11) is 0. The number of H-pyrrole nitrogens is 1. The third kappa shape index (κ3) is 3.66. The van der Waals surface area contributed by atoms with Crippen molar-refractivity contribution in [2.75, 3.05) is 13.1 Å². The molecular formula is C15H22N4O3. The van der Waals surface area contributed by atoms with Crippen LogP contribution in [0.25, 0.3) is 0 Å². The summed E-state index contributed by atoms with van der Waals surface area (Å²) in [6.07, 6.45) is 1.83. The first-order chi connectivity index (χ1) is 10.3. The molecule has 0 unspecified atom stereocenters. The van der Waals surface area contributed by atoms with Crippen LogP contribution >= 0.6 is 0 Å². The molecule has 0 fully saturated rings. The summed E-state index contributed by atoms with van der Waals surface area (Å²) in [5.41, 5.74) is 1.50. The summed E-state index contributed by atoms with van der Waals surface area (Å²) >= 11 is 0. The number of amides is 2. The van der Waals surface area contributed by atoms with E-state index in [1.54, 1.807) is 11.0 Å². The molecule has 120 valence electrons. The topological polar surface area (TPSA) is 87.3 Å². The van der Waals surface area contributed by atoms with Crippen molar-refractivity contribution in [3.05, 3.63) is 29.6 Å². The molecule has 0 aromatic carbocycles. The Balaban J connectivity index is 2.07. The van der Waals surface area contributed by atoms with Crippen LogP contribution in [0.3, 0.4) is 0 Å². The van der Waals surface area contributed by atoms with Gasteiger partial charge < -0.3 is 15.0 Å². The Kier molecular flexibility index (Phi) is 4.54. The van der Waals surface area contributed by atoms with Crippen LogP contribution in [0, 0.1) is 0 Å². The molecular weight excluding hydrogens is 284 g/mol. The molecule has 1 aromatic rings. The van der Waals surface area contributed by atoms with E-state index in [-0.39, 0.29) is 12.0 Å². The lowest BCUT2D eigenvalue weighted by Crippen LogP contribution is -2.40. The second-order valence-electron chi connectivity index (χ2n) is 6.18. The first-order valence-corrected chi connectivity index (χ1v) is 7.25. The third-order valence-corrected chi connectivity index (χ3v) is 3.21. The first-order valence-electron chi connectivity index (χ1n) is 7.25. The average molecular weight is 306 g/mol. The Morgan fingerprint density at radius 1 is 1.50 bits per heavy atom. The number of hydrogen-bond donors (Lipinski definition) is 2. The number of aromatic nitrogens is 2. The van der Waals surface area contributed by atoms with Crippen LogP contribution in [0.4, 0.5) is 4.79 Å². The Hall–Kier alpha value is -2.31. The van der Waals surface area contributed by atoms with Crippen molar-refractivity contribution in [2.45, 2.75) is 39.3 Å². The van der Waals surface area contributed by atoms with Gasteiger partial charge in [0, 0.05) is 18.7 Å². The molecule has 1 aliphatic heterocycles. The number of aromatic amines is 1. The molecule has 0 saturated heterocycles. The minimum absolute atomic E-state index is 0.233. The highest BCUT2D eigenvalue weighted by Crippen LogP contribution is 2.22. The largest absolute Gasteiger partial charge is 0.444 e.